The van der Waals surface area contributed by atoms with Crippen LogP contribution in [0.25, 0.3) is 0 Å². The van der Waals surface area contributed by atoms with E-state index in [9.17, 15) is 9.59 Å². The number of ketones is 1. The van der Waals surface area contributed by atoms with E-state index >= 15 is 0 Å². The molecule has 0 radical (unpaired) electrons. The third kappa shape index (κ3) is 3.10. The third-order valence-corrected chi connectivity index (χ3v) is 3.79. The highest BCUT2D eigenvalue weighted by Gasteiger charge is 2.19. The van der Waals surface area contributed by atoms with E-state index in [1.807, 2.05) is 20.8 Å². The van der Waals surface area contributed by atoms with Crippen LogP contribution in [0, 0.1) is 13.8 Å². The standard InChI is InChI=1S/C16H21N3O3/c1-9(15-10(2)18-22-12(15)4)7-17-16(21)14-6-13(11(3)20)8-19(14)5/h6,8-9H,7H2,1-5H3,(H,17,21)/t9-/m1/s1. The summed E-state index contributed by atoms with van der Waals surface area (Å²) in [4.78, 5) is 23.6. The molecule has 0 aliphatic rings. The zero-order valence-corrected chi connectivity index (χ0v) is 13.6. The monoisotopic (exact) mass is 303 g/mol. The summed E-state index contributed by atoms with van der Waals surface area (Å²) in [6.07, 6.45) is 1.66. The summed E-state index contributed by atoms with van der Waals surface area (Å²) < 4.78 is 6.81. The topological polar surface area (TPSA) is 77.1 Å². The van der Waals surface area contributed by atoms with Gasteiger partial charge in [0.25, 0.3) is 5.91 Å². The fraction of sp³-hybridized carbons (Fsp3) is 0.438. The fourth-order valence-electron chi connectivity index (χ4n) is 2.61. The Labute approximate surface area is 129 Å². The minimum atomic E-state index is -0.200. The summed E-state index contributed by atoms with van der Waals surface area (Å²) in [6, 6.07) is 1.61. The lowest BCUT2D eigenvalue weighted by Crippen LogP contribution is -2.29. The minimum absolute atomic E-state index is 0.0567. The van der Waals surface area contributed by atoms with Crippen LogP contribution in [-0.4, -0.2) is 28.0 Å². The molecule has 2 heterocycles. The number of amides is 1. The van der Waals surface area contributed by atoms with Gasteiger partial charge in [-0.25, -0.2) is 0 Å². The molecule has 6 heteroatoms. The van der Waals surface area contributed by atoms with Crippen molar-refractivity contribution in [1.82, 2.24) is 15.0 Å². The van der Waals surface area contributed by atoms with Gasteiger partial charge in [0.05, 0.1) is 5.69 Å². The lowest BCUT2D eigenvalue weighted by molar-refractivity contribution is 0.0943. The minimum Gasteiger partial charge on any atom is -0.361 e. The van der Waals surface area contributed by atoms with Crippen LogP contribution in [0.1, 0.15) is 57.6 Å². The molecule has 0 saturated carbocycles. The van der Waals surface area contributed by atoms with Gasteiger partial charge in [-0.2, -0.15) is 0 Å². The number of aromatic nitrogens is 2. The van der Waals surface area contributed by atoms with Gasteiger partial charge in [0.1, 0.15) is 11.5 Å². The van der Waals surface area contributed by atoms with Crippen LogP contribution in [0.3, 0.4) is 0 Å². The van der Waals surface area contributed by atoms with Crippen LogP contribution in [0.5, 0.6) is 0 Å². The van der Waals surface area contributed by atoms with E-state index in [1.54, 1.807) is 23.9 Å². The Hall–Kier alpha value is -2.37. The second-order valence-corrected chi connectivity index (χ2v) is 5.63. The predicted octanol–water partition coefficient (Wildman–Crippen LogP) is 2.37. The first-order chi connectivity index (χ1) is 10.3. The highest BCUT2D eigenvalue weighted by Crippen LogP contribution is 2.22. The molecule has 2 aromatic heterocycles. The van der Waals surface area contributed by atoms with E-state index in [4.69, 9.17) is 4.52 Å². The maximum absolute atomic E-state index is 12.3. The quantitative estimate of drug-likeness (QED) is 0.860. The fourth-order valence-corrected chi connectivity index (χ4v) is 2.61. The highest BCUT2D eigenvalue weighted by molar-refractivity contribution is 5.99. The van der Waals surface area contributed by atoms with Crippen LogP contribution in [0.15, 0.2) is 16.8 Å². The molecule has 0 spiro atoms. The van der Waals surface area contributed by atoms with Crippen LogP contribution in [-0.2, 0) is 7.05 Å². The number of aryl methyl sites for hydroxylation is 3. The number of hydrogen-bond donors (Lipinski definition) is 1. The molecule has 1 atom stereocenters. The van der Waals surface area contributed by atoms with E-state index in [1.165, 1.54) is 6.92 Å². The van der Waals surface area contributed by atoms with Crippen molar-refractivity contribution in [3.8, 4) is 0 Å². The van der Waals surface area contributed by atoms with Crippen molar-refractivity contribution in [2.75, 3.05) is 6.54 Å². The molecule has 0 bridgehead atoms. The molecule has 2 rings (SSSR count). The average Bonchev–Trinajstić information content (AvgIpc) is 2.99. The number of nitrogens with one attached hydrogen (secondary N) is 1. The Morgan fingerprint density at radius 1 is 1.41 bits per heavy atom. The number of Topliss-reactive ketones (excluding diaryl/α,β-unsaturated/α-hetero) is 1. The summed E-state index contributed by atoms with van der Waals surface area (Å²) in [6.45, 7) is 7.72. The predicted molar refractivity (Wildman–Crippen MR) is 82.1 cm³/mol. The Morgan fingerprint density at radius 2 is 2.09 bits per heavy atom. The first-order valence-electron chi connectivity index (χ1n) is 7.19. The zero-order chi connectivity index (χ0) is 16.4. The molecule has 6 nitrogen and oxygen atoms in total. The molecule has 2 aromatic rings. The molecule has 0 fully saturated rings. The molecule has 1 amide bonds. The van der Waals surface area contributed by atoms with E-state index < -0.39 is 0 Å². The molecule has 118 valence electrons. The van der Waals surface area contributed by atoms with Crippen molar-refractivity contribution < 1.29 is 14.1 Å². The highest BCUT2D eigenvalue weighted by atomic mass is 16.5. The van der Waals surface area contributed by atoms with Crippen LogP contribution in [0.2, 0.25) is 0 Å². The van der Waals surface area contributed by atoms with Gasteiger partial charge in [-0.3, -0.25) is 9.59 Å². The summed E-state index contributed by atoms with van der Waals surface area (Å²) in [5.41, 5.74) is 2.87. The second-order valence-electron chi connectivity index (χ2n) is 5.63. The number of carbonyl (C=O) groups is 2. The van der Waals surface area contributed by atoms with Crippen LogP contribution < -0.4 is 5.32 Å². The van der Waals surface area contributed by atoms with Crippen molar-refractivity contribution in [3.63, 3.8) is 0 Å². The number of rotatable bonds is 5. The zero-order valence-electron chi connectivity index (χ0n) is 13.6. The average molecular weight is 303 g/mol. The largest absolute Gasteiger partial charge is 0.361 e. The SMILES string of the molecule is CC(=O)c1cc(C(=O)NC[C@@H](C)c2c(C)noc2C)n(C)c1. The summed E-state index contributed by atoms with van der Waals surface area (Å²) in [5, 5.41) is 6.82. The van der Waals surface area contributed by atoms with Gasteiger partial charge in [-0.05, 0) is 26.8 Å². The summed E-state index contributed by atoms with van der Waals surface area (Å²) in [7, 11) is 1.75. The molecule has 0 aliphatic carbocycles. The van der Waals surface area contributed by atoms with Crippen LogP contribution in [0.4, 0.5) is 0 Å². The lowest BCUT2D eigenvalue weighted by atomic mass is 9.99. The van der Waals surface area contributed by atoms with Crippen molar-refractivity contribution in [3.05, 3.63) is 40.5 Å². The normalized spacial score (nSPS) is 12.2. The van der Waals surface area contributed by atoms with Gasteiger partial charge in [0.15, 0.2) is 5.78 Å². The lowest BCUT2D eigenvalue weighted by Gasteiger charge is -2.12. The van der Waals surface area contributed by atoms with Gasteiger partial charge in [-0.15, -0.1) is 0 Å². The molecule has 0 aromatic carbocycles. The van der Waals surface area contributed by atoms with Gasteiger partial charge in [0.2, 0.25) is 0 Å². The Balaban J connectivity index is 2.05. The molecule has 0 saturated heterocycles. The van der Waals surface area contributed by atoms with Crippen molar-refractivity contribution in [2.24, 2.45) is 7.05 Å². The Morgan fingerprint density at radius 3 is 2.59 bits per heavy atom. The first kappa shape index (κ1) is 16.0. The third-order valence-electron chi connectivity index (χ3n) is 3.79. The Kier molecular flexibility index (Phi) is 4.49. The van der Waals surface area contributed by atoms with Gasteiger partial charge >= 0.3 is 0 Å². The molecular formula is C16H21N3O3. The first-order valence-corrected chi connectivity index (χ1v) is 7.19. The molecule has 22 heavy (non-hydrogen) atoms. The van der Waals surface area contributed by atoms with Crippen LogP contribution >= 0.6 is 0 Å². The number of carbonyl (C=O) groups excluding carboxylic acids is 2. The Bertz CT molecular complexity index is 693. The molecule has 1 N–H and O–H groups in total. The summed E-state index contributed by atoms with van der Waals surface area (Å²) >= 11 is 0. The van der Waals surface area contributed by atoms with E-state index in [0.29, 0.717) is 17.8 Å². The van der Waals surface area contributed by atoms with E-state index in [0.717, 1.165) is 17.0 Å². The van der Waals surface area contributed by atoms with E-state index in [2.05, 4.69) is 10.5 Å². The summed E-state index contributed by atoms with van der Waals surface area (Å²) in [5.74, 6) is 0.618. The van der Waals surface area contributed by atoms with Crippen molar-refractivity contribution >= 4 is 11.7 Å². The van der Waals surface area contributed by atoms with Gasteiger partial charge < -0.3 is 14.4 Å². The van der Waals surface area contributed by atoms with Gasteiger partial charge in [0, 0.05) is 36.8 Å². The number of hydrogen-bond acceptors (Lipinski definition) is 4. The van der Waals surface area contributed by atoms with Crippen molar-refractivity contribution in [2.45, 2.75) is 33.6 Å². The molecular weight excluding hydrogens is 282 g/mol. The second kappa shape index (κ2) is 6.17. The maximum atomic E-state index is 12.3. The number of nitrogens with zero attached hydrogens (tertiary/aromatic N) is 2. The maximum Gasteiger partial charge on any atom is 0.267 e. The van der Waals surface area contributed by atoms with Gasteiger partial charge in [-0.1, -0.05) is 12.1 Å². The van der Waals surface area contributed by atoms with E-state index in [-0.39, 0.29) is 17.6 Å². The smallest absolute Gasteiger partial charge is 0.267 e. The van der Waals surface area contributed by atoms with Crippen molar-refractivity contribution in [1.29, 1.82) is 0 Å². The molecule has 0 aliphatic heterocycles. The molecule has 0 unspecified atom stereocenters.